The van der Waals surface area contributed by atoms with Gasteiger partial charge in [0.25, 0.3) is 5.91 Å². The monoisotopic (exact) mass is 376 g/mol. The van der Waals surface area contributed by atoms with Crippen molar-refractivity contribution in [3.8, 4) is 0 Å². The van der Waals surface area contributed by atoms with Crippen LogP contribution in [-0.2, 0) is 19.4 Å². The molecule has 3 nitrogen and oxygen atoms in total. The lowest BCUT2D eigenvalue weighted by molar-refractivity contribution is 0.0940. The molecule has 0 saturated carbocycles. The topological polar surface area (TPSA) is 32.3 Å². The molecule has 1 atom stereocenters. The summed E-state index contributed by atoms with van der Waals surface area (Å²) in [5, 5.41) is 3.16. The summed E-state index contributed by atoms with van der Waals surface area (Å²) < 4.78 is 0. The van der Waals surface area contributed by atoms with Crippen molar-refractivity contribution >= 4 is 5.91 Å². The summed E-state index contributed by atoms with van der Waals surface area (Å²) in [6, 6.07) is 14.8. The lowest BCUT2D eigenvalue weighted by Gasteiger charge is -2.30. The Hall–Kier alpha value is -2.13. The van der Waals surface area contributed by atoms with Crippen molar-refractivity contribution in [3.05, 3.63) is 70.3 Å². The number of fused-ring (bicyclic) bond motifs is 1. The van der Waals surface area contributed by atoms with Crippen LogP contribution in [0.15, 0.2) is 42.5 Å². The van der Waals surface area contributed by atoms with Crippen LogP contribution in [0, 0.1) is 5.92 Å². The van der Waals surface area contributed by atoms with E-state index in [0.717, 1.165) is 18.0 Å². The molecule has 4 rings (SSSR count). The molecule has 3 heteroatoms. The Bertz CT molecular complexity index is 819. The number of likely N-dealkylation sites (tertiary alicyclic amines) is 1. The van der Waals surface area contributed by atoms with Crippen molar-refractivity contribution in [2.24, 2.45) is 5.92 Å². The van der Waals surface area contributed by atoms with Gasteiger partial charge in [-0.15, -0.1) is 0 Å². The number of carbonyl (C=O) groups excluding carboxylic acids is 1. The maximum absolute atomic E-state index is 12.7. The Labute approximate surface area is 169 Å². The van der Waals surface area contributed by atoms with Crippen molar-refractivity contribution in [3.63, 3.8) is 0 Å². The molecule has 2 aliphatic rings. The number of aryl methyl sites for hydroxylation is 2. The fourth-order valence-electron chi connectivity index (χ4n) is 4.46. The molecule has 1 fully saturated rings. The number of carbonyl (C=O) groups is 1. The Balaban J connectivity index is 1.34. The molecule has 0 spiro atoms. The van der Waals surface area contributed by atoms with Gasteiger partial charge in [0.15, 0.2) is 0 Å². The number of benzene rings is 2. The summed E-state index contributed by atoms with van der Waals surface area (Å²) in [6.45, 7) is 7.76. The zero-order chi connectivity index (χ0) is 19.5. The normalized spacial score (nSPS) is 18.6. The second-order valence-electron chi connectivity index (χ2n) is 8.73. The van der Waals surface area contributed by atoms with Crippen LogP contribution in [0.2, 0.25) is 0 Å². The van der Waals surface area contributed by atoms with Crippen LogP contribution < -0.4 is 5.32 Å². The van der Waals surface area contributed by atoms with Gasteiger partial charge >= 0.3 is 0 Å². The van der Waals surface area contributed by atoms with Crippen molar-refractivity contribution in [1.29, 1.82) is 0 Å². The number of hydrogen-bond donors (Lipinski definition) is 1. The van der Waals surface area contributed by atoms with Crippen molar-refractivity contribution in [2.75, 3.05) is 13.1 Å². The fourth-order valence-corrected chi connectivity index (χ4v) is 4.46. The molecule has 1 N–H and O–H groups in total. The lowest BCUT2D eigenvalue weighted by atomic mass is 9.98. The third-order valence-corrected chi connectivity index (χ3v) is 6.47. The first-order valence-corrected chi connectivity index (χ1v) is 10.8. The van der Waals surface area contributed by atoms with E-state index in [1.165, 1.54) is 67.4 Å². The summed E-state index contributed by atoms with van der Waals surface area (Å²) in [4.78, 5) is 15.2. The molecular weight excluding hydrogens is 344 g/mol. The van der Waals surface area contributed by atoms with E-state index >= 15 is 0 Å². The summed E-state index contributed by atoms with van der Waals surface area (Å²) >= 11 is 0. The largest absolute Gasteiger partial charge is 0.346 e. The predicted molar refractivity (Wildman–Crippen MR) is 114 cm³/mol. The van der Waals surface area contributed by atoms with Crippen LogP contribution in [0.3, 0.4) is 0 Å². The molecule has 1 aliphatic heterocycles. The molecule has 0 unspecified atom stereocenters. The third kappa shape index (κ3) is 4.47. The van der Waals surface area contributed by atoms with E-state index < -0.39 is 0 Å². The Morgan fingerprint density at radius 3 is 2.54 bits per heavy atom. The molecule has 28 heavy (non-hydrogen) atoms. The van der Waals surface area contributed by atoms with E-state index in [9.17, 15) is 4.79 Å². The van der Waals surface area contributed by atoms with Gasteiger partial charge in [-0.2, -0.15) is 0 Å². The Morgan fingerprint density at radius 2 is 1.79 bits per heavy atom. The summed E-state index contributed by atoms with van der Waals surface area (Å²) in [5.41, 5.74) is 6.16. The van der Waals surface area contributed by atoms with Gasteiger partial charge in [-0.3, -0.25) is 9.69 Å². The van der Waals surface area contributed by atoms with Crippen LogP contribution in [-0.4, -0.2) is 23.9 Å². The number of piperidine rings is 1. The maximum atomic E-state index is 12.7. The molecule has 0 aromatic heterocycles. The first kappa shape index (κ1) is 19.2. The lowest BCUT2D eigenvalue weighted by Crippen LogP contribution is -2.32. The first-order chi connectivity index (χ1) is 13.6. The van der Waals surface area contributed by atoms with E-state index in [2.05, 4.69) is 54.4 Å². The highest BCUT2D eigenvalue weighted by atomic mass is 16.1. The maximum Gasteiger partial charge on any atom is 0.251 e. The van der Waals surface area contributed by atoms with E-state index in [0.29, 0.717) is 0 Å². The SMILES string of the molecule is CC1CCN(Cc2ccc(C(=O)N[C@H](C)c3ccc4c(c3)CCC4)cc2)CC1. The minimum atomic E-state index is 0.00588. The number of amides is 1. The second kappa shape index (κ2) is 8.48. The quantitative estimate of drug-likeness (QED) is 0.805. The molecule has 148 valence electrons. The van der Waals surface area contributed by atoms with Gasteiger partial charge in [-0.1, -0.05) is 37.3 Å². The van der Waals surface area contributed by atoms with Gasteiger partial charge in [0.05, 0.1) is 6.04 Å². The number of hydrogen-bond acceptors (Lipinski definition) is 2. The molecule has 0 bridgehead atoms. The minimum absolute atomic E-state index is 0.00588. The highest BCUT2D eigenvalue weighted by Gasteiger charge is 2.17. The van der Waals surface area contributed by atoms with Crippen molar-refractivity contribution in [2.45, 2.75) is 58.5 Å². The van der Waals surface area contributed by atoms with Crippen LogP contribution in [0.5, 0.6) is 0 Å². The van der Waals surface area contributed by atoms with Gasteiger partial charge in [0.2, 0.25) is 0 Å². The van der Waals surface area contributed by atoms with Gasteiger partial charge in [0.1, 0.15) is 0 Å². The minimum Gasteiger partial charge on any atom is -0.346 e. The van der Waals surface area contributed by atoms with Crippen molar-refractivity contribution in [1.82, 2.24) is 10.2 Å². The van der Waals surface area contributed by atoms with Crippen molar-refractivity contribution < 1.29 is 4.79 Å². The van der Waals surface area contributed by atoms with Gasteiger partial charge in [-0.25, -0.2) is 0 Å². The van der Waals surface area contributed by atoms with Crippen LogP contribution in [0.4, 0.5) is 0 Å². The number of nitrogens with zero attached hydrogens (tertiary/aromatic N) is 1. The molecule has 2 aromatic rings. The molecule has 2 aromatic carbocycles. The average molecular weight is 377 g/mol. The smallest absolute Gasteiger partial charge is 0.251 e. The molecule has 1 heterocycles. The van der Waals surface area contributed by atoms with E-state index in [-0.39, 0.29) is 11.9 Å². The van der Waals surface area contributed by atoms with Crippen LogP contribution in [0.25, 0.3) is 0 Å². The Kier molecular flexibility index (Phi) is 5.82. The predicted octanol–water partition coefficient (Wildman–Crippen LogP) is 4.90. The van der Waals surface area contributed by atoms with Gasteiger partial charge in [0, 0.05) is 12.1 Å². The summed E-state index contributed by atoms with van der Waals surface area (Å²) in [6.07, 6.45) is 6.20. The molecular formula is C25H32N2O. The number of nitrogens with one attached hydrogen (secondary N) is 1. The third-order valence-electron chi connectivity index (χ3n) is 6.47. The molecule has 1 aliphatic carbocycles. The Morgan fingerprint density at radius 1 is 1.07 bits per heavy atom. The standard InChI is InChI=1S/C25H32N2O/c1-18-12-14-27(15-13-18)17-20-6-8-22(9-7-20)25(28)26-19(2)23-11-10-21-4-3-5-24(21)16-23/h6-11,16,18-19H,3-5,12-15,17H2,1-2H3,(H,26,28)/t19-/m1/s1. The van der Waals surface area contributed by atoms with Gasteiger partial charge in [-0.05, 0) is 92.4 Å². The highest BCUT2D eigenvalue weighted by molar-refractivity contribution is 5.94. The number of rotatable bonds is 5. The molecule has 0 radical (unpaired) electrons. The van der Waals surface area contributed by atoms with Crippen LogP contribution in [0.1, 0.15) is 71.8 Å². The summed E-state index contributed by atoms with van der Waals surface area (Å²) in [5.74, 6) is 0.862. The van der Waals surface area contributed by atoms with E-state index in [1.807, 2.05) is 12.1 Å². The fraction of sp³-hybridized carbons (Fsp3) is 0.480. The van der Waals surface area contributed by atoms with E-state index in [4.69, 9.17) is 0 Å². The highest BCUT2D eigenvalue weighted by Crippen LogP contribution is 2.25. The zero-order valence-corrected chi connectivity index (χ0v) is 17.2. The molecule has 1 saturated heterocycles. The van der Waals surface area contributed by atoms with E-state index in [1.54, 1.807) is 0 Å². The van der Waals surface area contributed by atoms with Crippen LogP contribution >= 0.6 is 0 Å². The first-order valence-electron chi connectivity index (χ1n) is 10.8. The van der Waals surface area contributed by atoms with Gasteiger partial charge < -0.3 is 5.32 Å². The second-order valence-corrected chi connectivity index (χ2v) is 8.73. The zero-order valence-electron chi connectivity index (χ0n) is 17.2. The summed E-state index contributed by atoms with van der Waals surface area (Å²) in [7, 11) is 0. The average Bonchev–Trinajstić information content (AvgIpc) is 3.18. The molecule has 1 amide bonds.